The Bertz CT molecular complexity index is 1150. The molecule has 1 atom stereocenters. The third-order valence-corrected chi connectivity index (χ3v) is 5.33. The van der Waals surface area contributed by atoms with Crippen molar-refractivity contribution < 1.29 is 28.6 Å². The lowest BCUT2D eigenvalue weighted by Crippen LogP contribution is -2.34. The zero-order chi connectivity index (χ0) is 23.0. The van der Waals surface area contributed by atoms with Gasteiger partial charge in [0.1, 0.15) is 29.0 Å². The highest BCUT2D eigenvalue weighted by molar-refractivity contribution is 6.32. The largest absolute Gasteiger partial charge is 0.482 e. The molecule has 1 aromatic heterocycles. The molecule has 166 valence electrons. The standard InChI is InChI=1S/C23H22FN3O5/c1-23(2)15(12-4-7-19(25-10-12)26-17(11-28)22(30)31-3)9-18(32-23)20-14-8-13(24)5-6-16(14)27-21(20)29/h4-10,17,28H,11H2,1-3H3,(H,25,26)(H,27,29)/b20-18+/t17-/m0/s1. The molecule has 0 unspecified atom stereocenters. The van der Waals surface area contributed by atoms with E-state index in [2.05, 4.69) is 20.4 Å². The number of carbonyl (C=O) groups excluding carboxylic acids is 2. The number of allylic oxidation sites excluding steroid dienone is 1. The number of rotatable bonds is 5. The van der Waals surface area contributed by atoms with Crippen molar-refractivity contribution in [2.45, 2.75) is 25.5 Å². The summed E-state index contributed by atoms with van der Waals surface area (Å²) in [6, 6.07) is 6.63. The van der Waals surface area contributed by atoms with Crippen LogP contribution in [0.5, 0.6) is 0 Å². The van der Waals surface area contributed by atoms with Crippen molar-refractivity contribution in [2.75, 3.05) is 24.4 Å². The maximum Gasteiger partial charge on any atom is 0.330 e. The zero-order valence-corrected chi connectivity index (χ0v) is 17.7. The number of aromatic nitrogens is 1. The lowest BCUT2D eigenvalue weighted by molar-refractivity contribution is -0.142. The number of amides is 1. The summed E-state index contributed by atoms with van der Waals surface area (Å²) in [5.74, 6) is -0.673. The first-order valence-corrected chi connectivity index (χ1v) is 9.92. The number of methoxy groups -OCH3 is 1. The molecule has 0 fully saturated rings. The van der Waals surface area contributed by atoms with Crippen molar-refractivity contribution in [3.05, 3.63) is 65.3 Å². The van der Waals surface area contributed by atoms with Gasteiger partial charge in [-0.05, 0) is 50.3 Å². The van der Waals surface area contributed by atoms with Gasteiger partial charge in [0.2, 0.25) is 0 Å². The molecule has 4 rings (SSSR count). The van der Waals surface area contributed by atoms with Gasteiger partial charge in [0.25, 0.3) is 5.91 Å². The molecule has 1 aromatic carbocycles. The van der Waals surface area contributed by atoms with Gasteiger partial charge in [-0.1, -0.05) is 0 Å². The topological polar surface area (TPSA) is 110 Å². The summed E-state index contributed by atoms with van der Waals surface area (Å²) in [5.41, 5.74) is 2.01. The van der Waals surface area contributed by atoms with Crippen LogP contribution in [0.4, 0.5) is 15.9 Å². The number of ether oxygens (including phenoxy) is 2. The van der Waals surface area contributed by atoms with E-state index in [9.17, 15) is 19.1 Å². The van der Waals surface area contributed by atoms with Crippen LogP contribution in [0, 0.1) is 5.82 Å². The highest BCUT2D eigenvalue weighted by Crippen LogP contribution is 2.44. The van der Waals surface area contributed by atoms with Crippen LogP contribution in [0.2, 0.25) is 0 Å². The summed E-state index contributed by atoms with van der Waals surface area (Å²) in [5, 5.41) is 14.9. The number of aliphatic hydroxyl groups is 1. The third-order valence-electron chi connectivity index (χ3n) is 5.33. The van der Waals surface area contributed by atoms with Crippen molar-refractivity contribution in [3.63, 3.8) is 0 Å². The van der Waals surface area contributed by atoms with Gasteiger partial charge < -0.3 is 25.2 Å². The molecular formula is C23H22FN3O5. The predicted octanol–water partition coefficient (Wildman–Crippen LogP) is 2.72. The molecule has 1 amide bonds. The molecule has 9 heteroatoms. The summed E-state index contributed by atoms with van der Waals surface area (Å²) in [6.45, 7) is 3.27. The van der Waals surface area contributed by atoms with Gasteiger partial charge >= 0.3 is 5.97 Å². The minimum Gasteiger partial charge on any atom is -0.482 e. The quantitative estimate of drug-likeness (QED) is 0.485. The number of hydrogen-bond donors (Lipinski definition) is 3. The molecule has 0 bridgehead atoms. The second-order valence-corrected chi connectivity index (χ2v) is 7.89. The number of nitrogens with zero attached hydrogens (tertiary/aromatic N) is 1. The first kappa shape index (κ1) is 21.5. The summed E-state index contributed by atoms with van der Waals surface area (Å²) in [4.78, 5) is 28.5. The van der Waals surface area contributed by atoms with Crippen molar-refractivity contribution in [2.24, 2.45) is 0 Å². The van der Waals surface area contributed by atoms with Gasteiger partial charge in [-0.2, -0.15) is 0 Å². The fourth-order valence-electron chi connectivity index (χ4n) is 3.74. The van der Waals surface area contributed by atoms with E-state index in [1.54, 1.807) is 24.4 Å². The summed E-state index contributed by atoms with van der Waals surface area (Å²) >= 11 is 0. The first-order chi connectivity index (χ1) is 15.2. The predicted molar refractivity (Wildman–Crippen MR) is 116 cm³/mol. The monoisotopic (exact) mass is 439 g/mol. The maximum atomic E-state index is 13.8. The summed E-state index contributed by atoms with van der Waals surface area (Å²) in [7, 11) is 1.24. The molecule has 0 saturated carbocycles. The van der Waals surface area contributed by atoms with Crippen LogP contribution < -0.4 is 10.6 Å². The Hall–Kier alpha value is -3.72. The van der Waals surface area contributed by atoms with E-state index >= 15 is 0 Å². The Labute approximate surface area is 183 Å². The van der Waals surface area contributed by atoms with E-state index in [-0.39, 0.29) is 11.5 Å². The molecule has 8 nitrogen and oxygen atoms in total. The molecular weight excluding hydrogens is 417 g/mol. The molecule has 3 N–H and O–H groups in total. The van der Waals surface area contributed by atoms with E-state index < -0.39 is 30.0 Å². The van der Waals surface area contributed by atoms with Crippen molar-refractivity contribution >= 4 is 34.5 Å². The lowest BCUT2D eigenvalue weighted by Gasteiger charge is -2.23. The van der Waals surface area contributed by atoms with Gasteiger partial charge in [-0.25, -0.2) is 14.2 Å². The number of carbonyl (C=O) groups is 2. The molecule has 0 spiro atoms. The number of benzene rings is 1. The molecule has 0 aliphatic carbocycles. The van der Waals surface area contributed by atoms with Crippen LogP contribution in [-0.2, 0) is 19.1 Å². The van der Waals surface area contributed by atoms with Crippen molar-refractivity contribution in [3.8, 4) is 0 Å². The Morgan fingerprint density at radius 1 is 1.34 bits per heavy atom. The van der Waals surface area contributed by atoms with E-state index in [0.29, 0.717) is 22.8 Å². The summed E-state index contributed by atoms with van der Waals surface area (Å²) in [6.07, 6.45) is 3.35. The Kier molecular flexibility index (Phi) is 5.43. The van der Waals surface area contributed by atoms with Crippen molar-refractivity contribution in [1.82, 2.24) is 4.98 Å². The molecule has 32 heavy (non-hydrogen) atoms. The molecule has 2 aliphatic rings. The van der Waals surface area contributed by atoms with Crippen LogP contribution >= 0.6 is 0 Å². The summed E-state index contributed by atoms with van der Waals surface area (Å²) < 4.78 is 24.5. The number of nitrogens with one attached hydrogen (secondary N) is 2. The van der Waals surface area contributed by atoms with E-state index in [4.69, 9.17) is 4.74 Å². The van der Waals surface area contributed by atoms with Crippen LogP contribution in [-0.4, -0.2) is 47.3 Å². The molecule has 3 heterocycles. The molecule has 0 radical (unpaired) electrons. The van der Waals surface area contributed by atoms with E-state index in [1.165, 1.54) is 25.3 Å². The number of esters is 1. The number of hydrogen-bond acceptors (Lipinski definition) is 7. The zero-order valence-electron chi connectivity index (χ0n) is 17.7. The normalized spacial score (nSPS) is 19.5. The van der Waals surface area contributed by atoms with Gasteiger partial charge in [0, 0.05) is 28.6 Å². The van der Waals surface area contributed by atoms with Gasteiger partial charge in [0.15, 0.2) is 0 Å². The fourth-order valence-corrected chi connectivity index (χ4v) is 3.74. The van der Waals surface area contributed by atoms with Crippen LogP contribution in [0.1, 0.15) is 25.0 Å². The molecule has 0 saturated heterocycles. The third kappa shape index (κ3) is 3.82. The highest BCUT2D eigenvalue weighted by Gasteiger charge is 2.38. The number of fused-ring (bicyclic) bond motifs is 1. The number of halogens is 1. The number of anilines is 2. The lowest BCUT2D eigenvalue weighted by atomic mass is 9.93. The van der Waals surface area contributed by atoms with Crippen molar-refractivity contribution in [1.29, 1.82) is 0 Å². The van der Waals surface area contributed by atoms with E-state index in [0.717, 1.165) is 11.1 Å². The molecule has 2 aliphatic heterocycles. The second-order valence-electron chi connectivity index (χ2n) is 7.89. The number of aliphatic hydroxyl groups excluding tert-OH is 1. The van der Waals surface area contributed by atoms with Crippen LogP contribution in [0.3, 0.4) is 0 Å². The van der Waals surface area contributed by atoms with Crippen LogP contribution in [0.25, 0.3) is 11.1 Å². The average Bonchev–Trinajstić information content (AvgIpc) is 3.26. The van der Waals surface area contributed by atoms with Gasteiger partial charge in [-0.3, -0.25) is 4.79 Å². The average molecular weight is 439 g/mol. The Morgan fingerprint density at radius 3 is 2.78 bits per heavy atom. The SMILES string of the molecule is COC(=O)[C@H](CO)Nc1ccc(C2=C/C(=C3\C(=O)Nc4ccc(F)cc43)OC2(C)C)cn1. The Balaban J connectivity index is 1.67. The Morgan fingerprint density at radius 2 is 2.12 bits per heavy atom. The minimum atomic E-state index is -0.929. The minimum absolute atomic E-state index is 0.276. The van der Waals surface area contributed by atoms with Gasteiger partial charge in [0.05, 0.1) is 19.3 Å². The maximum absolute atomic E-state index is 13.8. The van der Waals surface area contributed by atoms with E-state index in [1.807, 2.05) is 13.8 Å². The second kappa shape index (κ2) is 8.08. The smallest absolute Gasteiger partial charge is 0.330 e. The fraction of sp³-hybridized carbons (Fsp3) is 0.261. The van der Waals surface area contributed by atoms with Gasteiger partial charge in [-0.15, -0.1) is 0 Å². The molecule has 2 aromatic rings. The highest BCUT2D eigenvalue weighted by atomic mass is 19.1. The number of pyridine rings is 1. The first-order valence-electron chi connectivity index (χ1n) is 9.92. The van der Waals surface area contributed by atoms with Crippen LogP contribution in [0.15, 0.2) is 48.4 Å².